The smallest absolute Gasteiger partial charge is 0.409 e. The van der Waals surface area contributed by atoms with Crippen LogP contribution in [0, 0.1) is 0 Å². The van der Waals surface area contributed by atoms with Crippen LogP contribution in [-0.2, 0) is 11.3 Å². The highest BCUT2D eigenvalue weighted by atomic mass is 16.6. The van der Waals surface area contributed by atoms with Gasteiger partial charge in [0, 0.05) is 44.6 Å². The van der Waals surface area contributed by atoms with Gasteiger partial charge in [-0.15, -0.1) is 0 Å². The van der Waals surface area contributed by atoms with Gasteiger partial charge in [-0.05, 0) is 36.8 Å². The van der Waals surface area contributed by atoms with Crippen LogP contribution in [0.15, 0.2) is 42.6 Å². The number of methoxy groups -OCH3 is 1. The normalized spacial score (nSPS) is 13.7. The van der Waals surface area contributed by atoms with Crippen LogP contribution >= 0.6 is 0 Å². The molecule has 8 heteroatoms. The molecule has 0 aliphatic carbocycles. The van der Waals surface area contributed by atoms with Crippen molar-refractivity contribution in [3.05, 3.63) is 53.9 Å². The van der Waals surface area contributed by atoms with Crippen LogP contribution in [0.4, 0.5) is 10.5 Å². The van der Waals surface area contributed by atoms with E-state index in [1.54, 1.807) is 36.1 Å². The van der Waals surface area contributed by atoms with Crippen molar-refractivity contribution in [1.82, 2.24) is 14.8 Å². The molecular weight excluding hydrogens is 372 g/mol. The Kier molecular flexibility index (Phi) is 6.89. The van der Waals surface area contributed by atoms with Gasteiger partial charge < -0.3 is 24.6 Å². The minimum absolute atomic E-state index is 0.137. The summed E-state index contributed by atoms with van der Waals surface area (Å²) in [7, 11) is 1.64. The Morgan fingerprint density at radius 1 is 1.07 bits per heavy atom. The van der Waals surface area contributed by atoms with Gasteiger partial charge in [0.05, 0.1) is 13.7 Å². The Morgan fingerprint density at radius 2 is 1.76 bits per heavy atom. The predicted molar refractivity (Wildman–Crippen MR) is 109 cm³/mol. The quantitative estimate of drug-likeness (QED) is 0.805. The second-order valence-electron chi connectivity index (χ2n) is 6.61. The van der Waals surface area contributed by atoms with Crippen LogP contribution in [0.25, 0.3) is 0 Å². The molecule has 1 fully saturated rings. The minimum Gasteiger partial charge on any atom is -0.497 e. The monoisotopic (exact) mass is 398 g/mol. The van der Waals surface area contributed by atoms with E-state index in [0.717, 1.165) is 17.0 Å². The van der Waals surface area contributed by atoms with E-state index in [-0.39, 0.29) is 12.0 Å². The Hall–Kier alpha value is -3.29. The average Bonchev–Trinajstić information content (AvgIpc) is 2.78. The van der Waals surface area contributed by atoms with Crippen molar-refractivity contribution >= 4 is 17.7 Å². The highest BCUT2D eigenvalue weighted by molar-refractivity contribution is 5.93. The molecule has 0 bridgehead atoms. The van der Waals surface area contributed by atoms with Gasteiger partial charge in [0.25, 0.3) is 5.91 Å². The van der Waals surface area contributed by atoms with Crippen molar-refractivity contribution in [3.63, 3.8) is 0 Å². The molecule has 1 aliphatic rings. The molecule has 1 aromatic heterocycles. The van der Waals surface area contributed by atoms with E-state index in [4.69, 9.17) is 9.47 Å². The summed E-state index contributed by atoms with van der Waals surface area (Å²) < 4.78 is 10.2. The number of carbonyl (C=O) groups excluding carboxylic acids is 2. The molecule has 1 aromatic carbocycles. The fourth-order valence-electron chi connectivity index (χ4n) is 3.07. The molecule has 0 saturated carbocycles. The average molecular weight is 398 g/mol. The first kappa shape index (κ1) is 20.4. The highest BCUT2D eigenvalue weighted by Gasteiger charge is 2.26. The summed E-state index contributed by atoms with van der Waals surface area (Å²) in [5.74, 6) is 0.676. The van der Waals surface area contributed by atoms with E-state index in [0.29, 0.717) is 45.0 Å². The molecule has 0 spiro atoms. The number of hydrogen-bond donors (Lipinski definition) is 1. The Bertz CT molecular complexity index is 833. The van der Waals surface area contributed by atoms with Crippen LogP contribution in [0.1, 0.15) is 23.0 Å². The standard InChI is InChI=1S/C21H26N4O4/c1-3-29-21(27)25-12-10-24(11-13-25)20(26)19-14-17(8-9-22-19)23-15-16-4-6-18(28-2)7-5-16/h4-9,14H,3,10-13,15H2,1-2H3,(H,22,23). The molecule has 2 amide bonds. The van der Waals surface area contributed by atoms with E-state index >= 15 is 0 Å². The molecule has 0 unspecified atom stereocenters. The number of pyridine rings is 1. The molecule has 8 nitrogen and oxygen atoms in total. The zero-order chi connectivity index (χ0) is 20.6. The van der Waals surface area contributed by atoms with Crippen LogP contribution in [0.5, 0.6) is 5.75 Å². The van der Waals surface area contributed by atoms with Gasteiger partial charge in [0.15, 0.2) is 0 Å². The summed E-state index contributed by atoms with van der Waals surface area (Å²) in [5.41, 5.74) is 2.31. The van der Waals surface area contributed by atoms with Crippen LogP contribution < -0.4 is 10.1 Å². The fourth-order valence-corrected chi connectivity index (χ4v) is 3.07. The second kappa shape index (κ2) is 9.77. The van der Waals surface area contributed by atoms with Crippen molar-refractivity contribution < 1.29 is 19.1 Å². The maximum atomic E-state index is 12.8. The fraction of sp³-hybridized carbons (Fsp3) is 0.381. The number of amides is 2. The van der Waals surface area contributed by atoms with E-state index in [2.05, 4.69) is 10.3 Å². The minimum atomic E-state index is -0.331. The van der Waals surface area contributed by atoms with E-state index in [9.17, 15) is 9.59 Å². The predicted octanol–water partition coefficient (Wildman–Crippen LogP) is 2.62. The molecule has 2 heterocycles. The molecule has 1 aliphatic heterocycles. The number of aromatic nitrogens is 1. The molecule has 1 saturated heterocycles. The van der Waals surface area contributed by atoms with Crippen LogP contribution in [0.3, 0.4) is 0 Å². The van der Waals surface area contributed by atoms with Gasteiger partial charge in [0.2, 0.25) is 0 Å². The van der Waals surface area contributed by atoms with Gasteiger partial charge in [-0.1, -0.05) is 12.1 Å². The SMILES string of the molecule is CCOC(=O)N1CCN(C(=O)c2cc(NCc3ccc(OC)cc3)ccn2)CC1. The van der Waals surface area contributed by atoms with Crippen molar-refractivity contribution in [2.24, 2.45) is 0 Å². The van der Waals surface area contributed by atoms with Crippen molar-refractivity contribution in [1.29, 1.82) is 0 Å². The lowest BCUT2D eigenvalue weighted by molar-refractivity contribution is 0.0566. The van der Waals surface area contributed by atoms with Gasteiger partial charge in [-0.25, -0.2) is 4.79 Å². The number of carbonyl (C=O) groups is 2. The first-order valence-electron chi connectivity index (χ1n) is 9.64. The zero-order valence-corrected chi connectivity index (χ0v) is 16.8. The molecule has 29 heavy (non-hydrogen) atoms. The summed E-state index contributed by atoms with van der Waals surface area (Å²) >= 11 is 0. The largest absolute Gasteiger partial charge is 0.497 e. The molecule has 1 N–H and O–H groups in total. The molecule has 154 valence electrons. The van der Waals surface area contributed by atoms with Crippen LogP contribution in [0.2, 0.25) is 0 Å². The number of piperazine rings is 1. The van der Waals surface area contributed by atoms with Crippen molar-refractivity contribution in [2.75, 3.05) is 45.2 Å². The Labute approximate surface area is 170 Å². The first-order valence-corrected chi connectivity index (χ1v) is 9.64. The third-order valence-corrected chi connectivity index (χ3v) is 4.73. The van der Waals surface area contributed by atoms with Gasteiger partial charge in [-0.3, -0.25) is 9.78 Å². The lowest BCUT2D eigenvalue weighted by atomic mass is 10.2. The molecule has 0 radical (unpaired) electrons. The van der Waals surface area contributed by atoms with Gasteiger partial charge >= 0.3 is 6.09 Å². The maximum absolute atomic E-state index is 12.8. The van der Waals surface area contributed by atoms with Gasteiger partial charge in [-0.2, -0.15) is 0 Å². The molecular formula is C21H26N4O4. The number of nitrogens with zero attached hydrogens (tertiary/aromatic N) is 3. The Morgan fingerprint density at radius 3 is 2.41 bits per heavy atom. The number of nitrogens with one attached hydrogen (secondary N) is 1. The van der Waals surface area contributed by atoms with E-state index in [1.165, 1.54) is 0 Å². The zero-order valence-electron chi connectivity index (χ0n) is 16.8. The van der Waals surface area contributed by atoms with E-state index in [1.807, 2.05) is 30.3 Å². The van der Waals surface area contributed by atoms with Gasteiger partial charge in [0.1, 0.15) is 11.4 Å². The second-order valence-corrected chi connectivity index (χ2v) is 6.61. The van der Waals surface area contributed by atoms with E-state index < -0.39 is 0 Å². The Balaban J connectivity index is 1.56. The number of hydrogen-bond acceptors (Lipinski definition) is 6. The molecule has 3 rings (SSSR count). The van der Waals surface area contributed by atoms with Crippen molar-refractivity contribution in [3.8, 4) is 5.75 Å². The summed E-state index contributed by atoms with van der Waals surface area (Å²) in [6.07, 6.45) is 1.29. The third kappa shape index (κ3) is 5.37. The first-order chi connectivity index (χ1) is 14.1. The maximum Gasteiger partial charge on any atom is 0.409 e. The lowest BCUT2D eigenvalue weighted by Gasteiger charge is -2.33. The highest BCUT2D eigenvalue weighted by Crippen LogP contribution is 2.15. The summed E-state index contributed by atoms with van der Waals surface area (Å²) in [5, 5.41) is 3.31. The molecule has 0 atom stereocenters. The topological polar surface area (TPSA) is 84.0 Å². The number of anilines is 1. The summed E-state index contributed by atoms with van der Waals surface area (Å²) in [4.78, 5) is 32.1. The summed E-state index contributed by atoms with van der Waals surface area (Å²) in [6, 6.07) is 11.4. The third-order valence-electron chi connectivity index (χ3n) is 4.73. The van der Waals surface area contributed by atoms with Crippen LogP contribution in [-0.4, -0.2) is 66.7 Å². The number of ether oxygens (including phenoxy) is 2. The van der Waals surface area contributed by atoms with Crippen molar-refractivity contribution in [2.45, 2.75) is 13.5 Å². The lowest BCUT2D eigenvalue weighted by Crippen LogP contribution is -2.50. The molecule has 2 aromatic rings. The number of rotatable bonds is 6. The summed E-state index contributed by atoms with van der Waals surface area (Å²) in [6.45, 7) is 4.59. The number of benzene rings is 1.